The Kier molecular flexibility index (Phi) is 6.69. The van der Waals surface area contributed by atoms with E-state index in [0.29, 0.717) is 12.0 Å². The summed E-state index contributed by atoms with van der Waals surface area (Å²) in [6.45, 7) is 6.62. The molecule has 18 heavy (non-hydrogen) atoms. The van der Waals surface area contributed by atoms with Crippen LogP contribution in [-0.4, -0.2) is 25.0 Å². The molecule has 0 heterocycles. The molecule has 1 aliphatic rings. The van der Waals surface area contributed by atoms with E-state index in [1.54, 1.807) is 7.05 Å². The van der Waals surface area contributed by atoms with Crippen LogP contribution in [0.5, 0.6) is 0 Å². The van der Waals surface area contributed by atoms with E-state index in [2.05, 4.69) is 31.4 Å². The number of likely N-dealkylation sites (N-methyl/N-ethyl adjacent to an activating group) is 1. The molecule has 3 unspecified atom stereocenters. The maximum absolute atomic E-state index is 11.9. The molecule has 0 aromatic rings. The molecule has 1 fully saturated rings. The van der Waals surface area contributed by atoms with Gasteiger partial charge in [0.25, 0.3) is 0 Å². The Labute approximate surface area is 112 Å². The van der Waals surface area contributed by atoms with Gasteiger partial charge in [0.15, 0.2) is 0 Å². The van der Waals surface area contributed by atoms with E-state index in [9.17, 15) is 4.79 Å². The Morgan fingerprint density at radius 2 is 2.06 bits per heavy atom. The highest BCUT2D eigenvalue weighted by molar-refractivity contribution is 5.81. The summed E-state index contributed by atoms with van der Waals surface area (Å²) in [6, 6.07) is 0.514. The molecule has 0 spiro atoms. The lowest BCUT2D eigenvalue weighted by Gasteiger charge is -2.32. The number of hydrogen-bond donors (Lipinski definition) is 2. The zero-order chi connectivity index (χ0) is 13.5. The van der Waals surface area contributed by atoms with Crippen LogP contribution in [0.15, 0.2) is 0 Å². The lowest BCUT2D eigenvalue weighted by Crippen LogP contribution is -2.49. The van der Waals surface area contributed by atoms with Crippen molar-refractivity contribution in [1.29, 1.82) is 0 Å². The molecule has 3 nitrogen and oxygen atoms in total. The molecule has 0 radical (unpaired) electrons. The predicted molar refractivity (Wildman–Crippen MR) is 76.5 cm³/mol. The topological polar surface area (TPSA) is 41.1 Å². The zero-order valence-electron chi connectivity index (χ0n) is 12.5. The fourth-order valence-electron chi connectivity index (χ4n) is 2.99. The second kappa shape index (κ2) is 7.78. The quantitative estimate of drug-likeness (QED) is 0.765. The maximum Gasteiger partial charge on any atom is 0.236 e. The van der Waals surface area contributed by atoms with E-state index in [4.69, 9.17) is 0 Å². The Hall–Kier alpha value is -0.570. The third-order valence-electron chi connectivity index (χ3n) is 4.07. The molecular formula is C15H30N2O. The summed E-state index contributed by atoms with van der Waals surface area (Å²) in [6.07, 6.45) is 7.33. The van der Waals surface area contributed by atoms with E-state index >= 15 is 0 Å². The average Bonchev–Trinajstić information content (AvgIpc) is 2.36. The molecule has 1 rings (SSSR count). The lowest BCUT2D eigenvalue weighted by atomic mass is 9.83. The standard InChI is InChI=1S/C15H30N2O/c1-5-12-7-6-8-13(10-12)17-14(9-11(2)3)15(18)16-4/h11-14,17H,5-10H2,1-4H3,(H,16,18). The molecule has 0 saturated heterocycles. The van der Waals surface area contributed by atoms with Gasteiger partial charge in [-0.2, -0.15) is 0 Å². The first kappa shape index (κ1) is 15.5. The van der Waals surface area contributed by atoms with Gasteiger partial charge in [0.2, 0.25) is 5.91 Å². The largest absolute Gasteiger partial charge is 0.358 e. The van der Waals surface area contributed by atoms with Crippen LogP contribution in [0.25, 0.3) is 0 Å². The van der Waals surface area contributed by atoms with Gasteiger partial charge in [0.1, 0.15) is 0 Å². The molecule has 0 aromatic heterocycles. The summed E-state index contributed by atoms with van der Waals surface area (Å²) in [5.74, 6) is 1.54. The van der Waals surface area contributed by atoms with Crippen molar-refractivity contribution in [3.63, 3.8) is 0 Å². The summed E-state index contributed by atoms with van der Waals surface area (Å²) in [5.41, 5.74) is 0. The first-order valence-corrected chi connectivity index (χ1v) is 7.54. The van der Waals surface area contributed by atoms with Crippen LogP contribution in [0.2, 0.25) is 0 Å². The minimum Gasteiger partial charge on any atom is -0.358 e. The van der Waals surface area contributed by atoms with Crippen LogP contribution < -0.4 is 10.6 Å². The third kappa shape index (κ3) is 4.97. The van der Waals surface area contributed by atoms with Crippen molar-refractivity contribution in [2.45, 2.75) is 71.4 Å². The molecule has 3 atom stereocenters. The molecule has 0 bridgehead atoms. The monoisotopic (exact) mass is 254 g/mol. The van der Waals surface area contributed by atoms with Gasteiger partial charge in [-0.15, -0.1) is 0 Å². The highest BCUT2D eigenvalue weighted by Crippen LogP contribution is 2.27. The Balaban J connectivity index is 2.51. The van der Waals surface area contributed by atoms with Crippen molar-refractivity contribution in [2.75, 3.05) is 7.05 Å². The van der Waals surface area contributed by atoms with Crippen LogP contribution in [-0.2, 0) is 4.79 Å². The zero-order valence-corrected chi connectivity index (χ0v) is 12.5. The minimum absolute atomic E-state index is 0.0180. The molecule has 0 aliphatic heterocycles. The van der Waals surface area contributed by atoms with Crippen LogP contribution in [0, 0.1) is 11.8 Å². The number of hydrogen-bond acceptors (Lipinski definition) is 2. The second-order valence-corrected chi connectivity index (χ2v) is 6.10. The minimum atomic E-state index is -0.0180. The summed E-state index contributed by atoms with van der Waals surface area (Å²) in [4.78, 5) is 11.9. The van der Waals surface area contributed by atoms with Gasteiger partial charge in [-0.3, -0.25) is 4.79 Å². The Morgan fingerprint density at radius 1 is 1.33 bits per heavy atom. The van der Waals surface area contributed by atoms with Crippen LogP contribution in [0.4, 0.5) is 0 Å². The molecular weight excluding hydrogens is 224 g/mol. The first-order valence-electron chi connectivity index (χ1n) is 7.54. The van der Waals surface area contributed by atoms with E-state index in [0.717, 1.165) is 12.3 Å². The Bertz CT molecular complexity index is 253. The molecule has 106 valence electrons. The van der Waals surface area contributed by atoms with Gasteiger partial charge in [-0.1, -0.05) is 40.0 Å². The molecule has 0 aromatic carbocycles. The highest BCUT2D eigenvalue weighted by atomic mass is 16.2. The van der Waals surface area contributed by atoms with Gasteiger partial charge in [-0.05, 0) is 31.1 Å². The SMILES string of the molecule is CCC1CCCC(NC(CC(C)C)C(=O)NC)C1. The third-order valence-corrected chi connectivity index (χ3v) is 4.07. The summed E-state index contributed by atoms with van der Waals surface area (Å²) >= 11 is 0. The van der Waals surface area contributed by atoms with Gasteiger partial charge in [0.05, 0.1) is 6.04 Å². The lowest BCUT2D eigenvalue weighted by molar-refractivity contribution is -0.123. The Morgan fingerprint density at radius 3 is 2.61 bits per heavy atom. The molecule has 1 saturated carbocycles. The summed E-state index contributed by atoms with van der Waals surface area (Å²) in [5, 5.41) is 6.37. The van der Waals surface area contributed by atoms with E-state index in [-0.39, 0.29) is 11.9 Å². The number of carbonyl (C=O) groups excluding carboxylic acids is 1. The normalized spacial score (nSPS) is 26.1. The van der Waals surface area contributed by atoms with Crippen molar-refractivity contribution >= 4 is 5.91 Å². The van der Waals surface area contributed by atoms with E-state index in [1.165, 1.54) is 32.1 Å². The fourth-order valence-corrected chi connectivity index (χ4v) is 2.99. The van der Waals surface area contributed by atoms with Crippen LogP contribution >= 0.6 is 0 Å². The smallest absolute Gasteiger partial charge is 0.236 e. The van der Waals surface area contributed by atoms with Gasteiger partial charge < -0.3 is 10.6 Å². The second-order valence-electron chi connectivity index (χ2n) is 6.10. The van der Waals surface area contributed by atoms with Crippen molar-refractivity contribution < 1.29 is 4.79 Å². The number of amides is 1. The summed E-state index contributed by atoms with van der Waals surface area (Å²) in [7, 11) is 1.73. The van der Waals surface area contributed by atoms with Crippen LogP contribution in [0.3, 0.4) is 0 Å². The number of nitrogens with one attached hydrogen (secondary N) is 2. The van der Waals surface area contributed by atoms with Crippen LogP contribution in [0.1, 0.15) is 59.3 Å². The highest BCUT2D eigenvalue weighted by Gasteiger charge is 2.26. The van der Waals surface area contributed by atoms with Crippen molar-refractivity contribution in [3.05, 3.63) is 0 Å². The summed E-state index contributed by atoms with van der Waals surface area (Å²) < 4.78 is 0. The fraction of sp³-hybridized carbons (Fsp3) is 0.933. The van der Waals surface area contributed by atoms with Crippen molar-refractivity contribution in [3.8, 4) is 0 Å². The first-order chi connectivity index (χ1) is 8.56. The number of carbonyl (C=O) groups is 1. The average molecular weight is 254 g/mol. The van der Waals surface area contributed by atoms with E-state index < -0.39 is 0 Å². The van der Waals surface area contributed by atoms with Crippen molar-refractivity contribution in [1.82, 2.24) is 10.6 Å². The van der Waals surface area contributed by atoms with Crippen molar-refractivity contribution in [2.24, 2.45) is 11.8 Å². The molecule has 1 amide bonds. The molecule has 3 heteroatoms. The maximum atomic E-state index is 11.9. The van der Waals surface area contributed by atoms with Gasteiger partial charge in [0, 0.05) is 13.1 Å². The predicted octanol–water partition coefficient (Wildman–Crippen LogP) is 2.71. The molecule has 2 N–H and O–H groups in total. The number of rotatable bonds is 6. The van der Waals surface area contributed by atoms with Gasteiger partial charge in [-0.25, -0.2) is 0 Å². The molecule has 1 aliphatic carbocycles. The van der Waals surface area contributed by atoms with Gasteiger partial charge >= 0.3 is 0 Å². The van der Waals surface area contributed by atoms with E-state index in [1.807, 2.05) is 0 Å².